The monoisotopic (exact) mass is 295 g/mol. The molecule has 1 aromatic heterocycles. The van der Waals surface area contributed by atoms with Crippen LogP contribution in [-0.4, -0.2) is 11.0 Å². The molecule has 3 rings (SSSR count). The molecule has 0 spiro atoms. The number of aliphatic hydroxyl groups excluding tert-OH is 1. The van der Waals surface area contributed by atoms with Gasteiger partial charge in [-0.25, -0.2) is 0 Å². The van der Waals surface area contributed by atoms with Crippen molar-refractivity contribution in [1.29, 1.82) is 0 Å². The van der Waals surface area contributed by atoms with E-state index in [1.807, 2.05) is 44.2 Å². The average Bonchev–Trinajstić information content (AvgIpc) is 2.92. The van der Waals surface area contributed by atoms with Gasteiger partial charge in [-0.15, -0.1) is 0 Å². The second-order valence-electron chi connectivity index (χ2n) is 5.41. The molecular weight excluding hydrogens is 278 g/mol. The molecule has 0 saturated heterocycles. The first kappa shape index (κ1) is 14.4. The zero-order chi connectivity index (χ0) is 15.7. The Bertz CT molecular complexity index is 849. The minimum atomic E-state index is -0.299. The minimum Gasteiger partial charge on any atom is -0.451 e. The maximum Gasteiger partial charge on any atom is 0.291 e. The first-order valence-electron chi connectivity index (χ1n) is 7.09. The van der Waals surface area contributed by atoms with Gasteiger partial charge < -0.3 is 14.8 Å². The highest BCUT2D eigenvalue weighted by Crippen LogP contribution is 2.23. The van der Waals surface area contributed by atoms with Crippen LogP contribution in [0.2, 0.25) is 0 Å². The van der Waals surface area contributed by atoms with Crippen molar-refractivity contribution >= 4 is 22.6 Å². The molecule has 3 aromatic rings. The fraction of sp³-hybridized carbons (Fsp3) is 0.167. The molecule has 0 fully saturated rings. The van der Waals surface area contributed by atoms with Crippen molar-refractivity contribution < 1.29 is 14.3 Å². The summed E-state index contributed by atoms with van der Waals surface area (Å²) in [6.45, 7) is 3.84. The first-order valence-corrected chi connectivity index (χ1v) is 7.09. The Kier molecular flexibility index (Phi) is 3.69. The molecule has 0 aliphatic rings. The molecule has 112 valence electrons. The van der Waals surface area contributed by atoms with E-state index >= 15 is 0 Å². The Hall–Kier alpha value is -2.59. The molecule has 0 saturated carbocycles. The van der Waals surface area contributed by atoms with Gasteiger partial charge in [0.05, 0.1) is 6.61 Å². The second-order valence-corrected chi connectivity index (χ2v) is 5.41. The molecule has 1 amide bonds. The summed E-state index contributed by atoms with van der Waals surface area (Å²) in [5, 5.41) is 12.9. The van der Waals surface area contributed by atoms with E-state index in [1.165, 1.54) is 0 Å². The van der Waals surface area contributed by atoms with Crippen molar-refractivity contribution in [2.75, 3.05) is 5.32 Å². The van der Waals surface area contributed by atoms with Crippen LogP contribution in [0.4, 0.5) is 5.69 Å². The molecule has 22 heavy (non-hydrogen) atoms. The van der Waals surface area contributed by atoms with Gasteiger partial charge in [0.1, 0.15) is 5.58 Å². The Morgan fingerprint density at radius 3 is 2.73 bits per heavy atom. The molecule has 2 aromatic carbocycles. The molecule has 0 aliphatic carbocycles. The summed E-state index contributed by atoms with van der Waals surface area (Å²) in [7, 11) is 0. The van der Waals surface area contributed by atoms with Gasteiger partial charge in [0.2, 0.25) is 0 Å². The SMILES string of the molecule is Cc1ccc2oc(C(=O)Nc3cc(CO)ccc3C)cc2c1. The van der Waals surface area contributed by atoms with E-state index in [-0.39, 0.29) is 18.3 Å². The van der Waals surface area contributed by atoms with E-state index in [0.717, 1.165) is 22.1 Å². The maximum absolute atomic E-state index is 12.4. The molecule has 0 radical (unpaired) electrons. The molecule has 1 heterocycles. The number of furan rings is 1. The average molecular weight is 295 g/mol. The van der Waals surface area contributed by atoms with E-state index in [2.05, 4.69) is 5.32 Å². The topological polar surface area (TPSA) is 62.5 Å². The summed E-state index contributed by atoms with van der Waals surface area (Å²) in [5.41, 5.74) is 4.16. The van der Waals surface area contributed by atoms with Crippen molar-refractivity contribution in [3.05, 3.63) is 64.9 Å². The highest BCUT2D eigenvalue weighted by Gasteiger charge is 2.13. The third kappa shape index (κ3) is 2.73. The molecule has 0 unspecified atom stereocenters. The molecule has 4 heteroatoms. The van der Waals surface area contributed by atoms with Gasteiger partial charge >= 0.3 is 0 Å². The van der Waals surface area contributed by atoms with E-state index in [0.29, 0.717) is 11.3 Å². The number of benzene rings is 2. The van der Waals surface area contributed by atoms with Crippen LogP contribution in [-0.2, 0) is 6.61 Å². The number of fused-ring (bicyclic) bond motifs is 1. The fourth-order valence-corrected chi connectivity index (χ4v) is 2.36. The van der Waals surface area contributed by atoms with Gasteiger partial charge in [-0.1, -0.05) is 23.8 Å². The summed E-state index contributed by atoms with van der Waals surface area (Å²) in [5.74, 6) is -0.0264. The number of rotatable bonds is 3. The van der Waals surface area contributed by atoms with Crippen molar-refractivity contribution in [1.82, 2.24) is 0 Å². The first-order chi connectivity index (χ1) is 10.6. The van der Waals surface area contributed by atoms with Crippen LogP contribution in [0.15, 0.2) is 46.9 Å². The van der Waals surface area contributed by atoms with E-state index in [1.54, 1.807) is 12.1 Å². The standard InChI is InChI=1S/C18H17NO3/c1-11-3-6-16-14(7-11)9-17(22-16)18(21)19-15-8-13(10-20)5-4-12(15)2/h3-9,20H,10H2,1-2H3,(H,19,21). The van der Waals surface area contributed by atoms with Crippen molar-refractivity contribution in [3.63, 3.8) is 0 Å². The van der Waals surface area contributed by atoms with Crippen LogP contribution >= 0.6 is 0 Å². The maximum atomic E-state index is 12.4. The molecule has 2 N–H and O–H groups in total. The molecule has 0 atom stereocenters. The lowest BCUT2D eigenvalue weighted by Crippen LogP contribution is -2.12. The Labute approximate surface area is 128 Å². The number of carbonyl (C=O) groups is 1. The number of carbonyl (C=O) groups excluding carboxylic acids is 1. The smallest absolute Gasteiger partial charge is 0.291 e. The van der Waals surface area contributed by atoms with Gasteiger partial charge in [-0.2, -0.15) is 0 Å². The van der Waals surface area contributed by atoms with Crippen molar-refractivity contribution in [3.8, 4) is 0 Å². The molecular formula is C18H17NO3. The summed E-state index contributed by atoms with van der Waals surface area (Å²) in [6, 6.07) is 13.0. The van der Waals surface area contributed by atoms with Crippen LogP contribution < -0.4 is 5.32 Å². The highest BCUT2D eigenvalue weighted by atomic mass is 16.3. The predicted octanol–water partition coefficient (Wildman–Crippen LogP) is 3.79. The lowest BCUT2D eigenvalue weighted by Gasteiger charge is -2.08. The Balaban J connectivity index is 1.90. The van der Waals surface area contributed by atoms with Crippen LogP contribution in [0, 0.1) is 13.8 Å². The van der Waals surface area contributed by atoms with E-state index in [9.17, 15) is 9.90 Å². The number of hydrogen-bond donors (Lipinski definition) is 2. The summed E-state index contributed by atoms with van der Waals surface area (Å²) in [6.07, 6.45) is 0. The zero-order valence-corrected chi connectivity index (χ0v) is 12.5. The van der Waals surface area contributed by atoms with Gasteiger partial charge in [-0.05, 0) is 49.2 Å². The number of amides is 1. The van der Waals surface area contributed by atoms with E-state index in [4.69, 9.17) is 4.42 Å². The molecule has 0 aliphatic heterocycles. The minimum absolute atomic E-state index is 0.0624. The lowest BCUT2D eigenvalue weighted by molar-refractivity contribution is 0.0998. The van der Waals surface area contributed by atoms with Crippen LogP contribution in [0.3, 0.4) is 0 Å². The van der Waals surface area contributed by atoms with Crippen LogP contribution in [0.25, 0.3) is 11.0 Å². The summed E-state index contributed by atoms with van der Waals surface area (Å²) < 4.78 is 5.59. The largest absolute Gasteiger partial charge is 0.451 e. The molecule has 0 bridgehead atoms. The van der Waals surface area contributed by atoms with E-state index < -0.39 is 0 Å². The number of nitrogens with one attached hydrogen (secondary N) is 1. The normalized spacial score (nSPS) is 10.9. The van der Waals surface area contributed by atoms with Gasteiger partial charge in [-0.3, -0.25) is 4.79 Å². The predicted molar refractivity (Wildman–Crippen MR) is 86.0 cm³/mol. The number of aliphatic hydroxyl groups is 1. The molecule has 4 nitrogen and oxygen atoms in total. The van der Waals surface area contributed by atoms with Gasteiger partial charge in [0, 0.05) is 11.1 Å². The van der Waals surface area contributed by atoms with Gasteiger partial charge in [0.25, 0.3) is 5.91 Å². The van der Waals surface area contributed by atoms with Gasteiger partial charge in [0.15, 0.2) is 5.76 Å². The zero-order valence-electron chi connectivity index (χ0n) is 12.5. The quantitative estimate of drug-likeness (QED) is 0.772. The van der Waals surface area contributed by atoms with Crippen LogP contribution in [0.5, 0.6) is 0 Å². The van der Waals surface area contributed by atoms with Crippen molar-refractivity contribution in [2.24, 2.45) is 0 Å². The highest BCUT2D eigenvalue weighted by molar-refractivity contribution is 6.05. The number of hydrogen-bond acceptors (Lipinski definition) is 3. The fourth-order valence-electron chi connectivity index (χ4n) is 2.36. The van der Waals surface area contributed by atoms with Crippen LogP contribution in [0.1, 0.15) is 27.2 Å². The number of anilines is 1. The second kappa shape index (κ2) is 5.66. The Morgan fingerprint density at radius 1 is 1.14 bits per heavy atom. The van der Waals surface area contributed by atoms with Crippen molar-refractivity contribution in [2.45, 2.75) is 20.5 Å². The lowest BCUT2D eigenvalue weighted by atomic mass is 10.1. The summed E-state index contributed by atoms with van der Waals surface area (Å²) in [4.78, 5) is 12.4. The third-order valence-electron chi connectivity index (χ3n) is 3.63. The third-order valence-corrected chi connectivity index (χ3v) is 3.63. The number of aryl methyl sites for hydroxylation is 2. The summed E-state index contributed by atoms with van der Waals surface area (Å²) >= 11 is 0. The Morgan fingerprint density at radius 2 is 1.95 bits per heavy atom.